The Kier molecular flexibility index (Phi) is 6.71. The van der Waals surface area contributed by atoms with Gasteiger partial charge in [0.2, 0.25) is 0 Å². The molecule has 0 N–H and O–H groups in total. The second-order valence-corrected chi connectivity index (χ2v) is 6.94. The van der Waals surface area contributed by atoms with Crippen LogP contribution in [0, 0.1) is 6.92 Å². The number of nitrogens with zero attached hydrogens (tertiary/aromatic N) is 2. The first-order chi connectivity index (χ1) is 13.2. The number of rotatable bonds is 6. The molecule has 1 aliphatic heterocycles. The lowest BCUT2D eigenvalue weighted by Gasteiger charge is -2.22. The molecule has 3 rings (SSSR count). The number of hydrogen-bond donors (Lipinski definition) is 0. The Morgan fingerprint density at radius 3 is 2.59 bits per heavy atom. The van der Waals surface area contributed by atoms with Gasteiger partial charge in [-0.2, -0.15) is 0 Å². The highest BCUT2D eigenvalue weighted by Crippen LogP contribution is 2.27. The number of carbonyl (C=O) groups is 1. The Labute approximate surface area is 161 Å². The SMILES string of the molecule is COc1cc(C)ccc1OCC(=O)N1CCCN(Cc2ccccc2)CC1. The molecule has 0 aromatic heterocycles. The average molecular weight is 368 g/mol. The van der Waals surface area contributed by atoms with Crippen molar-refractivity contribution in [3.8, 4) is 11.5 Å². The first-order valence-electron chi connectivity index (χ1n) is 9.47. The lowest BCUT2D eigenvalue weighted by Crippen LogP contribution is -2.38. The van der Waals surface area contributed by atoms with Crippen LogP contribution in [-0.2, 0) is 11.3 Å². The third-order valence-corrected chi connectivity index (χ3v) is 4.86. The van der Waals surface area contributed by atoms with Crippen LogP contribution in [0.4, 0.5) is 0 Å². The molecule has 144 valence electrons. The van der Waals surface area contributed by atoms with E-state index in [1.807, 2.05) is 36.1 Å². The Hall–Kier alpha value is -2.53. The van der Waals surface area contributed by atoms with Gasteiger partial charge in [0.05, 0.1) is 7.11 Å². The fourth-order valence-electron chi connectivity index (χ4n) is 3.34. The van der Waals surface area contributed by atoms with Crippen molar-refractivity contribution in [2.24, 2.45) is 0 Å². The monoisotopic (exact) mass is 368 g/mol. The highest BCUT2D eigenvalue weighted by molar-refractivity contribution is 5.78. The summed E-state index contributed by atoms with van der Waals surface area (Å²) in [6.45, 7) is 6.37. The Balaban J connectivity index is 1.51. The third kappa shape index (κ3) is 5.47. The molecule has 1 heterocycles. The smallest absolute Gasteiger partial charge is 0.260 e. The molecule has 1 aliphatic rings. The van der Waals surface area contributed by atoms with E-state index in [-0.39, 0.29) is 12.5 Å². The highest BCUT2D eigenvalue weighted by atomic mass is 16.5. The van der Waals surface area contributed by atoms with E-state index in [9.17, 15) is 4.79 Å². The van der Waals surface area contributed by atoms with Crippen LogP contribution in [0.1, 0.15) is 17.5 Å². The van der Waals surface area contributed by atoms with E-state index >= 15 is 0 Å². The molecule has 5 heteroatoms. The number of amides is 1. The van der Waals surface area contributed by atoms with E-state index in [1.165, 1.54) is 5.56 Å². The second-order valence-electron chi connectivity index (χ2n) is 6.94. The maximum Gasteiger partial charge on any atom is 0.260 e. The van der Waals surface area contributed by atoms with Gasteiger partial charge in [0.15, 0.2) is 18.1 Å². The number of methoxy groups -OCH3 is 1. The van der Waals surface area contributed by atoms with E-state index in [1.54, 1.807) is 7.11 Å². The van der Waals surface area contributed by atoms with E-state index < -0.39 is 0 Å². The van der Waals surface area contributed by atoms with Crippen LogP contribution in [0.25, 0.3) is 0 Å². The standard InChI is InChI=1S/C22H28N2O3/c1-18-9-10-20(21(15-18)26-2)27-17-22(25)24-12-6-11-23(13-14-24)16-19-7-4-3-5-8-19/h3-5,7-10,15H,6,11-14,16-17H2,1-2H3. The zero-order valence-corrected chi connectivity index (χ0v) is 16.2. The molecule has 0 atom stereocenters. The van der Waals surface area contributed by atoms with Gasteiger partial charge in [0, 0.05) is 32.7 Å². The lowest BCUT2D eigenvalue weighted by atomic mass is 10.2. The molecule has 2 aromatic rings. The van der Waals surface area contributed by atoms with Crippen LogP contribution in [0.3, 0.4) is 0 Å². The average Bonchev–Trinajstić information content (AvgIpc) is 2.93. The van der Waals surface area contributed by atoms with Crippen molar-refractivity contribution in [2.75, 3.05) is 39.9 Å². The Morgan fingerprint density at radius 2 is 1.81 bits per heavy atom. The number of benzene rings is 2. The van der Waals surface area contributed by atoms with Gasteiger partial charge in [-0.15, -0.1) is 0 Å². The molecule has 0 bridgehead atoms. The van der Waals surface area contributed by atoms with Gasteiger partial charge in [-0.3, -0.25) is 9.69 Å². The summed E-state index contributed by atoms with van der Waals surface area (Å²) in [5, 5.41) is 0. The summed E-state index contributed by atoms with van der Waals surface area (Å²) < 4.78 is 11.1. The Morgan fingerprint density at radius 1 is 1.00 bits per heavy atom. The Bertz CT molecular complexity index is 748. The molecule has 0 unspecified atom stereocenters. The number of aryl methyl sites for hydroxylation is 1. The van der Waals surface area contributed by atoms with Crippen LogP contribution in [0.15, 0.2) is 48.5 Å². The van der Waals surface area contributed by atoms with Crippen molar-refractivity contribution in [2.45, 2.75) is 19.9 Å². The minimum atomic E-state index is 0.0270. The molecule has 2 aromatic carbocycles. The first-order valence-corrected chi connectivity index (χ1v) is 9.47. The molecule has 27 heavy (non-hydrogen) atoms. The molecule has 1 amide bonds. The van der Waals surface area contributed by atoms with Crippen molar-refractivity contribution in [3.63, 3.8) is 0 Å². The van der Waals surface area contributed by atoms with Gasteiger partial charge in [0.1, 0.15) is 0 Å². The van der Waals surface area contributed by atoms with Gasteiger partial charge in [-0.25, -0.2) is 0 Å². The van der Waals surface area contributed by atoms with Crippen LogP contribution in [0.5, 0.6) is 11.5 Å². The molecule has 1 fully saturated rings. The molecular formula is C22H28N2O3. The second kappa shape index (κ2) is 9.42. The van der Waals surface area contributed by atoms with Crippen LogP contribution in [-0.4, -0.2) is 55.6 Å². The molecule has 0 aliphatic carbocycles. The fourth-order valence-corrected chi connectivity index (χ4v) is 3.34. The lowest BCUT2D eigenvalue weighted by molar-refractivity contribution is -0.133. The topological polar surface area (TPSA) is 42.0 Å². The van der Waals surface area contributed by atoms with E-state index in [0.29, 0.717) is 11.5 Å². The van der Waals surface area contributed by atoms with Crippen molar-refractivity contribution in [1.82, 2.24) is 9.80 Å². The summed E-state index contributed by atoms with van der Waals surface area (Å²) in [5.74, 6) is 1.30. The van der Waals surface area contributed by atoms with Crippen molar-refractivity contribution < 1.29 is 14.3 Å². The van der Waals surface area contributed by atoms with Crippen molar-refractivity contribution in [3.05, 3.63) is 59.7 Å². The first kappa shape index (κ1) is 19.2. The van der Waals surface area contributed by atoms with Crippen molar-refractivity contribution >= 4 is 5.91 Å². The summed E-state index contributed by atoms with van der Waals surface area (Å²) in [6.07, 6.45) is 0.979. The zero-order chi connectivity index (χ0) is 19.1. The van der Waals surface area contributed by atoms with E-state index in [0.717, 1.165) is 44.7 Å². The van der Waals surface area contributed by atoms with E-state index in [4.69, 9.17) is 9.47 Å². The fraction of sp³-hybridized carbons (Fsp3) is 0.409. The van der Waals surface area contributed by atoms with Crippen LogP contribution < -0.4 is 9.47 Å². The predicted octanol–water partition coefficient (Wildman–Crippen LogP) is 3.12. The maximum absolute atomic E-state index is 12.6. The van der Waals surface area contributed by atoms with E-state index in [2.05, 4.69) is 29.2 Å². The van der Waals surface area contributed by atoms with Crippen LogP contribution in [0.2, 0.25) is 0 Å². The molecular weight excluding hydrogens is 340 g/mol. The minimum Gasteiger partial charge on any atom is -0.493 e. The predicted molar refractivity (Wildman–Crippen MR) is 106 cm³/mol. The number of ether oxygens (including phenoxy) is 2. The van der Waals surface area contributed by atoms with Gasteiger partial charge in [-0.1, -0.05) is 36.4 Å². The summed E-state index contributed by atoms with van der Waals surface area (Å²) in [7, 11) is 1.61. The van der Waals surface area contributed by atoms with Gasteiger partial charge in [0.25, 0.3) is 5.91 Å². The summed E-state index contributed by atoms with van der Waals surface area (Å²) in [5.41, 5.74) is 2.41. The molecule has 5 nitrogen and oxygen atoms in total. The van der Waals surface area contributed by atoms with Crippen molar-refractivity contribution in [1.29, 1.82) is 0 Å². The summed E-state index contributed by atoms with van der Waals surface area (Å²) in [6, 6.07) is 16.2. The summed E-state index contributed by atoms with van der Waals surface area (Å²) in [4.78, 5) is 16.9. The molecule has 0 saturated carbocycles. The van der Waals surface area contributed by atoms with Gasteiger partial charge in [-0.05, 0) is 36.6 Å². The minimum absolute atomic E-state index is 0.0270. The summed E-state index contributed by atoms with van der Waals surface area (Å²) >= 11 is 0. The molecule has 1 saturated heterocycles. The van der Waals surface area contributed by atoms with Crippen LogP contribution >= 0.6 is 0 Å². The highest BCUT2D eigenvalue weighted by Gasteiger charge is 2.20. The largest absolute Gasteiger partial charge is 0.493 e. The normalized spacial score (nSPS) is 15.3. The quantitative estimate of drug-likeness (QED) is 0.786. The maximum atomic E-state index is 12.6. The number of hydrogen-bond acceptors (Lipinski definition) is 4. The van der Waals surface area contributed by atoms with Gasteiger partial charge < -0.3 is 14.4 Å². The number of carbonyl (C=O) groups excluding carboxylic acids is 1. The zero-order valence-electron chi connectivity index (χ0n) is 16.2. The molecule has 0 radical (unpaired) electrons. The molecule has 0 spiro atoms. The third-order valence-electron chi connectivity index (χ3n) is 4.86. The van der Waals surface area contributed by atoms with Gasteiger partial charge >= 0.3 is 0 Å².